The van der Waals surface area contributed by atoms with Crippen molar-refractivity contribution >= 4 is 11.5 Å². The molecular formula is C7H10N6O. The summed E-state index contributed by atoms with van der Waals surface area (Å²) in [6, 6.07) is 3.44. The molecule has 4 N–H and O–H groups in total. The summed E-state index contributed by atoms with van der Waals surface area (Å²) < 4.78 is 1.19. The van der Waals surface area contributed by atoms with E-state index in [2.05, 4.69) is 20.6 Å². The Hall–Kier alpha value is -1.89. The Labute approximate surface area is 78.9 Å². The Kier molecular flexibility index (Phi) is 2.15. The number of hydrogen-bond acceptors (Lipinski definition) is 5. The van der Waals surface area contributed by atoms with Crippen LogP contribution in [0.4, 0.5) is 5.82 Å². The van der Waals surface area contributed by atoms with Gasteiger partial charge in [0.15, 0.2) is 5.65 Å². The highest BCUT2D eigenvalue weighted by Gasteiger charge is 2.01. The fourth-order valence-electron chi connectivity index (χ4n) is 1.10. The number of nitrogens with one attached hydrogen (secondary N) is 2. The molecule has 0 bridgehead atoms. The van der Waals surface area contributed by atoms with Gasteiger partial charge in [0.05, 0.1) is 0 Å². The molecule has 0 fully saturated rings. The lowest BCUT2D eigenvalue weighted by atomic mass is 10.5. The molecule has 0 saturated heterocycles. The van der Waals surface area contributed by atoms with E-state index < -0.39 is 0 Å². The molecule has 0 aliphatic heterocycles. The topological polar surface area (TPSA) is 101 Å². The van der Waals surface area contributed by atoms with Crippen LogP contribution in [0.5, 0.6) is 0 Å². The molecule has 2 heterocycles. The van der Waals surface area contributed by atoms with Crippen LogP contribution < -0.4 is 16.7 Å². The highest BCUT2D eigenvalue weighted by atomic mass is 16.2. The number of aromatic nitrogens is 4. The van der Waals surface area contributed by atoms with Gasteiger partial charge in [-0.3, -0.25) is 0 Å². The summed E-state index contributed by atoms with van der Waals surface area (Å²) in [7, 11) is 0. The number of rotatable bonds is 3. The average molecular weight is 194 g/mol. The van der Waals surface area contributed by atoms with Crippen LogP contribution in [-0.2, 0) is 0 Å². The normalized spacial score (nSPS) is 10.6. The molecule has 2 aromatic heterocycles. The molecule has 0 saturated carbocycles. The van der Waals surface area contributed by atoms with Crippen molar-refractivity contribution in [1.29, 1.82) is 0 Å². The van der Waals surface area contributed by atoms with Gasteiger partial charge < -0.3 is 11.1 Å². The maximum Gasteiger partial charge on any atom is 0.364 e. The van der Waals surface area contributed by atoms with E-state index in [-0.39, 0.29) is 5.69 Å². The zero-order valence-corrected chi connectivity index (χ0v) is 7.40. The molecule has 7 heteroatoms. The molecule has 0 atom stereocenters. The molecule has 14 heavy (non-hydrogen) atoms. The molecule has 0 aromatic carbocycles. The summed E-state index contributed by atoms with van der Waals surface area (Å²) >= 11 is 0. The quantitative estimate of drug-likeness (QED) is 0.569. The molecule has 7 nitrogen and oxygen atoms in total. The first-order valence-electron chi connectivity index (χ1n) is 4.19. The van der Waals surface area contributed by atoms with Gasteiger partial charge in [0.2, 0.25) is 0 Å². The first-order chi connectivity index (χ1) is 6.81. The van der Waals surface area contributed by atoms with Crippen LogP contribution in [0.15, 0.2) is 16.9 Å². The van der Waals surface area contributed by atoms with Crippen molar-refractivity contribution < 1.29 is 0 Å². The lowest BCUT2D eigenvalue weighted by Gasteiger charge is -2.01. The lowest BCUT2D eigenvalue weighted by Crippen LogP contribution is -2.17. The second kappa shape index (κ2) is 3.46. The van der Waals surface area contributed by atoms with E-state index in [4.69, 9.17) is 5.73 Å². The van der Waals surface area contributed by atoms with Gasteiger partial charge in [0.25, 0.3) is 0 Å². The molecule has 0 aliphatic carbocycles. The minimum absolute atomic E-state index is 0.351. The zero-order valence-electron chi connectivity index (χ0n) is 7.40. The van der Waals surface area contributed by atoms with Crippen molar-refractivity contribution in [2.75, 3.05) is 18.4 Å². The van der Waals surface area contributed by atoms with Gasteiger partial charge in [-0.2, -0.15) is 9.61 Å². The Morgan fingerprint density at radius 1 is 1.57 bits per heavy atom. The fraction of sp³-hybridized carbons (Fsp3) is 0.286. The SMILES string of the molecule is NCCNc1ccc2n[nH]c(=O)n2n1. The summed E-state index contributed by atoms with van der Waals surface area (Å²) in [6.07, 6.45) is 0. The van der Waals surface area contributed by atoms with Crippen LogP contribution in [0.2, 0.25) is 0 Å². The third-order valence-corrected chi connectivity index (χ3v) is 1.72. The number of hydrogen-bond donors (Lipinski definition) is 3. The van der Waals surface area contributed by atoms with Crippen molar-refractivity contribution in [3.05, 3.63) is 22.6 Å². The van der Waals surface area contributed by atoms with Gasteiger partial charge in [-0.25, -0.2) is 9.89 Å². The molecular weight excluding hydrogens is 184 g/mol. The van der Waals surface area contributed by atoms with E-state index in [0.717, 1.165) is 0 Å². The van der Waals surface area contributed by atoms with Gasteiger partial charge in [-0.05, 0) is 12.1 Å². The largest absolute Gasteiger partial charge is 0.367 e. The van der Waals surface area contributed by atoms with Gasteiger partial charge in [0.1, 0.15) is 5.82 Å². The maximum atomic E-state index is 11.1. The molecule has 74 valence electrons. The number of H-pyrrole nitrogens is 1. The van der Waals surface area contributed by atoms with Gasteiger partial charge in [-0.15, -0.1) is 5.10 Å². The Bertz CT molecular complexity index is 486. The van der Waals surface area contributed by atoms with Crippen molar-refractivity contribution in [3.63, 3.8) is 0 Å². The number of aromatic amines is 1. The summed E-state index contributed by atoms with van der Waals surface area (Å²) in [6.45, 7) is 1.13. The van der Waals surface area contributed by atoms with Crippen molar-refractivity contribution in [2.24, 2.45) is 5.73 Å². The molecule has 0 amide bonds. The van der Waals surface area contributed by atoms with E-state index in [1.165, 1.54) is 4.52 Å². The second-order valence-corrected chi connectivity index (χ2v) is 2.73. The smallest absolute Gasteiger partial charge is 0.364 e. The Morgan fingerprint density at radius 2 is 2.43 bits per heavy atom. The molecule has 0 spiro atoms. The molecule has 2 rings (SSSR count). The third-order valence-electron chi connectivity index (χ3n) is 1.72. The standard InChI is InChI=1S/C7H10N6O/c8-3-4-9-5-1-2-6-10-11-7(14)13(6)12-5/h1-2H,3-4,8H2,(H,9,12)(H,11,14). The number of anilines is 1. The molecule has 0 radical (unpaired) electrons. The minimum atomic E-state index is -0.351. The monoisotopic (exact) mass is 194 g/mol. The van der Waals surface area contributed by atoms with Crippen LogP contribution in [-0.4, -0.2) is 32.9 Å². The van der Waals surface area contributed by atoms with Crippen LogP contribution in [0, 0.1) is 0 Å². The average Bonchev–Trinajstić information content (AvgIpc) is 2.57. The van der Waals surface area contributed by atoms with Gasteiger partial charge >= 0.3 is 5.69 Å². The fourth-order valence-corrected chi connectivity index (χ4v) is 1.10. The van der Waals surface area contributed by atoms with Crippen molar-refractivity contribution in [1.82, 2.24) is 19.8 Å². The molecule has 0 unspecified atom stereocenters. The molecule has 0 aliphatic rings. The summed E-state index contributed by atoms with van der Waals surface area (Å²) in [4.78, 5) is 11.1. The number of fused-ring (bicyclic) bond motifs is 1. The lowest BCUT2D eigenvalue weighted by molar-refractivity contribution is 0.872. The van der Waals surface area contributed by atoms with Crippen molar-refractivity contribution in [2.45, 2.75) is 0 Å². The first kappa shape index (κ1) is 8.70. The number of nitrogens with zero attached hydrogens (tertiary/aromatic N) is 3. The Morgan fingerprint density at radius 3 is 3.21 bits per heavy atom. The predicted molar refractivity (Wildman–Crippen MR) is 51.2 cm³/mol. The number of nitrogens with two attached hydrogens (primary N) is 1. The van der Waals surface area contributed by atoms with Crippen molar-refractivity contribution in [3.8, 4) is 0 Å². The highest BCUT2D eigenvalue weighted by Crippen LogP contribution is 2.01. The first-order valence-corrected chi connectivity index (χ1v) is 4.19. The van der Waals surface area contributed by atoms with Gasteiger partial charge in [0, 0.05) is 13.1 Å². The zero-order chi connectivity index (χ0) is 9.97. The maximum absolute atomic E-state index is 11.1. The third kappa shape index (κ3) is 1.44. The second-order valence-electron chi connectivity index (χ2n) is 2.73. The van der Waals surface area contributed by atoms with Crippen LogP contribution in [0.1, 0.15) is 0 Å². The van der Waals surface area contributed by atoms with E-state index >= 15 is 0 Å². The van der Waals surface area contributed by atoms with E-state index in [1.807, 2.05) is 0 Å². The van der Waals surface area contributed by atoms with Crippen LogP contribution >= 0.6 is 0 Å². The van der Waals surface area contributed by atoms with E-state index in [0.29, 0.717) is 24.6 Å². The van der Waals surface area contributed by atoms with E-state index in [1.54, 1.807) is 12.1 Å². The predicted octanol–water partition coefficient (Wildman–Crippen LogP) is -1.21. The minimum Gasteiger partial charge on any atom is -0.367 e. The van der Waals surface area contributed by atoms with Crippen LogP contribution in [0.3, 0.4) is 0 Å². The summed E-state index contributed by atoms with van der Waals surface area (Å²) in [5, 5.41) is 13.0. The van der Waals surface area contributed by atoms with Gasteiger partial charge in [-0.1, -0.05) is 0 Å². The summed E-state index contributed by atoms with van der Waals surface area (Å²) in [5.41, 5.74) is 5.46. The van der Waals surface area contributed by atoms with Crippen LogP contribution in [0.25, 0.3) is 5.65 Å². The Balaban J connectivity index is 2.39. The highest BCUT2D eigenvalue weighted by molar-refractivity contribution is 5.42. The summed E-state index contributed by atoms with van der Waals surface area (Å²) in [5.74, 6) is 0.603. The van der Waals surface area contributed by atoms with E-state index in [9.17, 15) is 4.79 Å². The molecule has 2 aromatic rings.